The highest BCUT2D eigenvalue weighted by Gasteiger charge is 2.48. The first-order valence-electron chi connectivity index (χ1n) is 13.2. The molecule has 0 unspecified atom stereocenters. The van der Waals surface area contributed by atoms with E-state index in [1.807, 2.05) is 0 Å². The maximum Gasteiger partial charge on any atom is 0.336 e. The van der Waals surface area contributed by atoms with Crippen molar-refractivity contribution < 1.29 is 44.3 Å². The standard InChI is InChI=1S/C22H32N2O2.C6H8O7/c1-24(2)21(10-6-15-25-3)11-13-22(14-12-21)20-18(9-16-26-22)17-7-4-5-8-19(17)23-20;7-3(8)1-6(13,5(11)12)2-4(9)10/h4-5,7-8,23H,6,9-16H2,1-3H3;13H,1-2H2,(H,7,8)(H,9,10)(H,11,12). The van der Waals surface area contributed by atoms with Crippen LogP contribution in [-0.2, 0) is 35.9 Å². The number of H-pyrrole nitrogens is 1. The highest BCUT2D eigenvalue weighted by atomic mass is 16.5. The minimum Gasteiger partial charge on any atom is -0.481 e. The van der Waals surface area contributed by atoms with Crippen LogP contribution in [0.3, 0.4) is 0 Å². The number of aliphatic carboxylic acids is 3. The zero-order valence-electron chi connectivity index (χ0n) is 22.9. The number of methoxy groups -OCH3 is 1. The Labute approximate surface area is 227 Å². The van der Waals surface area contributed by atoms with Crippen LogP contribution in [0.1, 0.15) is 62.6 Å². The third-order valence-electron chi connectivity index (χ3n) is 8.21. The highest BCUT2D eigenvalue weighted by Crippen LogP contribution is 2.50. The second kappa shape index (κ2) is 12.5. The molecule has 2 aromatic rings. The molecule has 1 aliphatic heterocycles. The van der Waals surface area contributed by atoms with Gasteiger partial charge in [-0.3, -0.25) is 9.59 Å². The van der Waals surface area contributed by atoms with Crippen molar-refractivity contribution in [2.75, 3.05) is 34.4 Å². The summed E-state index contributed by atoms with van der Waals surface area (Å²) in [7, 11) is 6.27. The zero-order chi connectivity index (χ0) is 28.8. The van der Waals surface area contributed by atoms with Gasteiger partial charge < -0.3 is 39.8 Å². The largest absolute Gasteiger partial charge is 0.481 e. The van der Waals surface area contributed by atoms with Gasteiger partial charge in [-0.25, -0.2) is 4.79 Å². The van der Waals surface area contributed by atoms with E-state index in [2.05, 4.69) is 48.2 Å². The molecule has 4 rings (SSSR count). The Morgan fingerprint density at radius 2 is 1.67 bits per heavy atom. The molecule has 2 aliphatic rings. The Balaban J connectivity index is 0.000000276. The molecule has 0 atom stereocenters. The molecule has 216 valence electrons. The van der Waals surface area contributed by atoms with E-state index in [1.165, 1.54) is 41.4 Å². The van der Waals surface area contributed by atoms with E-state index in [4.69, 9.17) is 29.9 Å². The molecule has 5 N–H and O–H groups in total. The first kappa shape index (κ1) is 30.6. The van der Waals surface area contributed by atoms with Gasteiger partial charge in [0.05, 0.1) is 25.1 Å². The van der Waals surface area contributed by atoms with Crippen molar-refractivity contribution in [1.82, 2.24) is 9.88 Å². The van der Waals surface area contributed by atoms with Crippen LogP contribution in [0.25, 0.3) is 10.9 Å². The topological polar surface area (TPSA) is 170 Å². The quantitative estimate of drug-likeness (QED) is 0.278. The van der Waals surface area contributed by atoms with Crippen molar-refractivity contribution in [3.05, 3.63) is 35.5 Å². The van der Waals surface area contributed by atoms with Gasteiger partial charge in [0.1, 0.15) is 5.60 Å². The SMILES string of the molecule is COCCCC1(N(C)C)CCC2(CC1)OCCc1c2[nH]c2ccccc12.O=C(O)CC(O)(CC(=O)O)C(=O)O. The van der Waals surface area contributed by atoms with Crippen molar-refractivity contribution in [2.45, 2.75) is 74.5 Å². The number of para-hydroxylation sites is 1. The number of rotatable bonds is 10. The average Bonchev–Trinajstić information content (AvgIpc) is 3.25. The molecule has 1 spiro atoms. The van der Waals surface area contributed by atoms with Crippen molar-refractivity contribution in [2.24, 2.45) is 0 Å². The van der Waals surface area contributed by atoms with Gasteiger partial charge in [-0.15, -0.1) is 0 Å². The molecular weight excluding hydrogens is 508 g/mol. The summed E-state index contributed by atoms with van der Waals surface area (Å²) in [4.78, 5) is 36.7. The molecule has 1 saturated carbocycles. The summed E-state index contributed by atoms with van der Waals surface area (Å²) < 4.78 is 11.8. The smallest absolute Gasteiger partial charge is 0.336 e. The molecule has 39 heavy (non-hydrogen) atoms. The van der Waals surface area contributed by atoms with Crippen molar-refractivity contribution in [3.8, 4) is 0 Å². The number of carboxylic acids is 3. The highest BCUT2D eigenvalue weighted by molar-refractivity contribution is 5.88. The van der Waals surface area contributed by atoms with E-state index in [9.17, 15) is 14.4 Å². The molecule has 0 radical (unpaired) electrons. The van der Waals surface area contributed by atoms with E-state index in [1.54, 1.807) is 7.11 Å². The molecule has 1 aromatic heterocycles. The van der Waals surface area contributed by atoms with Gasteiger partial charge in [0.2, 0.25) is 0 Å². The van der Waals surface area contributed by atoms with E-state index in [0.29, 0.717) is 0 Å². The lowest BCUT2D eigenvalue weighted by atomic mass is 9.69. The number of nitrogens with zero attached hydrogens (tertiary/aromatic N) is 1. The van der Waals surface area contributed by atoms with Crippen LogP contribution in [-0.4, -0.2) is 93.8 Å². The minimum absolute atomic E-state index is 0.118. The summed E-state index contributed by atoms with van der Waals surface area (Å²) in [5.41, 5.74) is 1.52. The predicted molar refractivity (Wildman–Crippen MR) is 143 cm³/mol. The van der Waals surface area contributed by atoms with Gasteiger partial charge in [-0.1, -0.05) is 18.2 Å². The molecule has 0 bridgehead atoms. The normalized spacial score (nSPS) is 22.8. The lowest BCUT2D eigenvalue weighted by Crippen LogP contribution is -2.52. The van der Waals surface area contributed by atoms with Gasteiger partial charge in [0.25, 0.3) is 0 Å². The van der Waals surface area contributed by atoms with E-state index in [0.717, 1.165) is 38.9 Å². The summed E-state index contributed by atoms with van der Waals surface area (Å²) in [5, 5.41) is 35.2. The number of fused-ring (bicyclic) bond motifs is 4. The Hall–Kier alpha value is -2.99. The van der Waals surface area contributed by atoms with Crippen molar-refractivity contribution in [1.29, 1.82) is 0 Å². The Morgan fingerprint density at radius 1 is 1.05 bits per heavy atom. The van der Waals surface area contributed by atoms with Gasteiger partial charge >= 0.3 is 17.9 Å². The summed E-state index contributed by atoms with van der Waals surface area (Å²) >= 11 is 0. The second-order valence-electron chi connectivity index (χ2n) is 10.8. The number of ether oxygens (including phenoxy) is 2. The maximum absolute atomic E-state index is 10.3. The van der Waals surface area contributed by atoms with Crippen LogP contribution in [0, 0.1) is 0 Å². The molecule has 1 fully saturated rings. The number of aromatic nitrogens is 1. The summed E-state index contributed by atoms with van der Waals surface area (Å²) in [6.07, 6.45) is 5.60. The fraction of sp³-hybridized carbons (Fsp3) is 0.607. The maximum atomic E-state index is 10.3. The van der Waals surface area contributed by atoms with E-state index >= 15 is 0 Å². The Kier molecular flexibility index (Phi) is 9.76. The molecule has 1 aromatic carbocycles. The second-order valence-corrected chi connectivity index (χ2v) is 10.8. The number of carbonyl (C=O) groups is 3. The van der Waals surface area contributed by atoms with Crippen LogP contribution in [0.15, 0.2) is 24.3 Å². The number of aromatic amines is 1. The number of hydrogen-bond donors (Lipinski definition) is 5. The molecule has 11 heteroatoms. The lowest BCUT2D eigenvalue weighted by molar-refractivity contribution is -0.170. The molecular formula is C28H40N2O9. The first-order chi connectivity index (χ1) is 18.4. The minimum atomic E-state index is -2.74. The number of nitrogens with one attached hydrogen (secondary N) is 1. The first-order valence-corrected chi connectivity index (χ1v) is 13.2. The van der Waals surface area contributed by atoms with E-state index in [-0.39, 0.29) is 11.1 Å². The average molecular weight is 549 g/mol. The summed E-state index contributed by atoms with van der Waals surface area (Å²) in [6.45, 7) is 1.69. The van der Waals surface area contributed by atoms with Crippen LogP contribution < -0.4 is 0 Å². The van der Waals surface area contributed by atoms with Crippen molar-refractivity contribution in [3.63, 3.8) is 0 Å². The summed E-state index contributed by atoms with van der Waals surface area (Å²) in [6, 6.07) is 8.71. The number of hydrogen-bond acceptors (Lipinski definition) is 7. The van der Waals surface area contributed by atoms with Gasteiger partial charge in [-0.05, 0) is 70.7 Å². The fourth-order valence-corrected chi connectivity index (χ4v) is 5.96. The Morgan fingerprint density at radius 3 is 2.21 bits per heavy atom. The number of aliphatic hydroxyl groups is 1. The van der Waals surface area contributed by atoms with E-state index < -0.39 is 36.4 Å². The third kappa shape index (κ3) is 6.78. The van der Waals surface area contributed by atoms with Gasteiger partial charge in [0.15, 0.2) is 5.60 Å². The van der Waals surface area contributed by atoms with Crippen LogP contribution in [0.2, 0.25) is 0 Å². The number of carboxylic acid groups (broad SMARTS) is 3. The Bertz CT molecular complexity index is 1150. The lowest BCUT2D eigenvalue weighted by Gasteiger charge is -2.50. The van der Waals surface area contributed by atoms with Crippen LogP contribution in [0.4, 0.5) is 0 Å². The monoisotopic (exact) mass is 548 g/mol. The molecule has 0 amide bonds. The number of benzene rings is 1. The van der Waals surface area contributed by atoms with Crippen LogP contribution in [0.5, 0.6) is 0 Å². The zero-order valence-corrected chi connectivity index (χ0v) is 22.9. The summed E-state index contributed by atoms with van der Waals surface area (Å²) in [5.74, 6) is -5.02. The van der Waals surface area contributed by atoms with Crippen LogP contribution >= 0.6 is 0 Å². The third-order valence-corrected chi connectivity index (χ3v) is 8.21. The van der Waals surface area contributed by atoms with Gasteiger partial charge in [-0.2, -0.15) is 0 Å². The van der Waals surface area contributed by atoms with Gasteiger partial charge in [0, 0.05) is 30.2 Å². The molecule has 11 nitrogen and oxygen atoms in total. The molecule has 0 saturated heterocycles. The molecule has 1 aliphatic carbocycles. The predicted octanol–water partition coefficient (Wildman–Crippen LogP) is 2.99. The van der Waals surface area contributed by atoms with Crippen molar-refractivity contribution >= 4 is 28.8 Å². The molecule has 2 heterocycles. The fourth-order valence-electron chi connectivity index (χ4n) is 5.96.